The molecular weight excluding hydrogens is 537 g/mol. The fraction of sp³-hybridized carbons (Fsp3) is 0.387. The highest BCUT2D eigenvalue weighted by atomic mass is 19.1. The zero-order chi connectivity index (χ0) is 29.1. The molecule has 42 heavy (non-hydrogen) atoms. The van der Waals surface area contributed by atoms with E-state index in [0.717, 1.165) is 36.2 Å². The number of carboxylic acid groups (broad SMARTS) is 1. The quantitative estimate of drug-likeness (QED) is 0.376. The van der Waals surface area contributed by atoms with Gasteiger partial charge in [0.25, 0.3) is 5.91 Å². The lowest BCUT2D eigenvalue weighted by atomic mass is 9.74. The molecule has 3 saturated heterocycles. The van der Waals surface area contributed by atoms with Gasteiger partial charge in [0.05, 0.1) is 17.3 Å². The second-order valence-electron chi connectivity index (χ2n) is 12.1. The van der Waals surface area contributed by atoms with Crippen LogP contribution in [0.3, 0.4) is 0 Å². The third-order valence-electron chi connectivity index (χ3n) is 9.23. The summed E-state index contributed by atoms with van der Waals surface area (Å²) in [5, 5.41) is 13.9. The number of nitrogens with zero attached hydrogens (tertiary/aromatic N) is 7. The number of aryl methyl sites for hydroxylation is 1. The van der Waals surface area contributed by atoms with Crippen LogP contribution in [-0.4, -0.2) is 87.4 Å². The Bertz CT molecular complexity index is 1690. The second-order valence-corrected chi connectivity index (χ2v) is 12.1. The molecule has 11 heteroatoms. The maximum absolute atomic E-state index is 14.2. The molecule has 7 rings (SSSR count). The molecule has 216 valence electrons. The molecule has 1 N–H and O–H groups in total. The van der Waals surface area contributed by atoms with Gasteiger partial charge in [0.2, 0.25) is 5.82 Å². The van der Waals surface area contributed by atoms with Crippen LogP contribution in [0, 0.1) is 12.3 Å². The van der Waals surface area contributed by atoms with E-state index in [9.17, 15) is 19.1 Å². The number of carboxylic acids is 1. The normalized spacial score (nSPS) is 21.3. The van der Waals surface area contributed by atoms with Crippen molar-refractivity contribution in [2.45, 2.75) is 25.2 Å². The van der Waals surface area contributed by atoms with E-state index in [1.54, 1.807) is 10.6 Å². The second kappa shape index (κ2) is 9.78. The van der Waals surface area contributed by atoms with Gasteiger partial charge >= 0.3 is 5.97 Å². The molecule has 0 radical (unpaired) electrons. The minimum absolute atomic E-state index is 0.0279. The first-order valence-electron chi connectivity index (χ1n) is 14.3. The Labute approximate surface area is 242 Å². The maximum atomic E-state index is 14.2. The Kier molecular flexibility index (Phi) is 6.14. The molecule has 0 saturated carbocycles. The standard InChI is InChI=1S/C31H32FN7O3/c1-21-14-23(38-19-31(16-32,20-38)22-6-3-2-4-7-22)15-39-27(21)34-26(35-39)28(40)37-13-11-30(18-37)10-12-36(17-30)25-9-5-8-24(33-25)29(41)42/h2-9,14-15H,10-13,16-20H2,1H3,(H,41,42)/t30-/m1/s1. The number of aromatic carboxylic acids is 1. The Morgan fingerprint density at radius 2 is 1.74 bits per heavy atom. The molecule has 0 bridgehead atoms. The van der Waals surface area contributed by atoms with Crippen LogP contribution in [0.15, 0.2) is 60.8 Å². The number of rotatable bonds is 6. The molecule has 3 aliphatic heterocycles. The summed E-state index contributed by atoms with van der Waals surface area (Å²) in [6.45, 7) is 5.37. The summed E-state index contributed by atoms with van der Waals surface area (Å²) in [6, 6.07) is 16.9. The number of anilines is 2. The number of fused-ring (bicyclic) bond motifs is 1. The van der Waals surface area contributed by atoms with Crippen molar-refractivity contribution in [2.24, 2.45) is 5.41 Å². The molecule has 4 aromatic rings. The predicted octanol–water partition coefficient (Wildman–Crippen LogP) is 3.60. The fourth-order valence-electron chi connectivity index (χ4n) is 6.83. The van der Waals surface area contributed by atoms with Crippen molar-refractivity contribution in [2.75, 3.05) is 55.7 Å². The number of hydrogen-bond donors (Lipinski definition) is 1. The average molecular weight is 570 g/mol. The third-order valence-corrected chi connectivity index (χ3v) is 9.23. The van der Waals surface area contributed by atoms with Crippen LogP contribution in [0.2, 0.25) is 0 Å². The van der Waals surface area contributed by atoms with Crippen LogP contribution < -0.4 is 9.80 Å². The summed E-state index contributed by atoms with van der Waals surface area (Å²) in [6.07, 6.45) is 3.63. The first kappa shape index (κ1) is 26.4. The number of carbonyl (C=O) groups excluding carboxylic acids is 1. The number of pyridine rings is 2. The molecule has 10 nitrogen and oxygen atoms in total. The van der Waals surface area contributed by atoms with E-state index in [1.807, 2.05) is 60.5 Å². The lowest BCUT2D eigenvalue weighted by Crippen LogP contribution is -2.61. The van der Waals surface area contributed by atoms with E-state index >= 15 is 0 Å². The highest BCUT2D eigenvalue weighted by molar-refractivity contribution is 5.91. The van der Waals surface area contributed by atoms with Gasteiger partial charge < -0.3 is 19.8 Å². The monoisotopic (exact) mass is 569 g/mol. The number of benzene rings is 1. The van der Waals surface area contributed by atoms with Gasteiger partial charge in [-0.3, -0.25) is 4.79 Å². The van der Waals surface area contributed by atoms with Gasteiger partial charge in [0, 0.05) is 44.7 Å². The molecule has 3 fully saturated rings. The first-order chi connectivity index (χ1) is 20.3. The highest BCUT2D eigenvalue weighted by Gasteiger charge is 2.46. The van der Waals surface area contributed by atoms with E-state index in [1.165, 1.54) is 6.07 Å². The average Bonchev–Trinajstić information content (AvgIpc) is 3.72. The summed E-state index contributed by atoms with van der Waals surface area (Å²) in [4.78, 5) is 39.9. The van der Waals surface area contributed by atoms with Crippen molar-refractivity contribution in [1.29, 1.82) is 0 Å². The fourth-order valence-corrected chi connectivity index (χ4v) is 6.83. The van der Waals surface area contributed by atoms with Gasteiger partial charge in [-0.25, -0.2) is 23.7 Å². The van der Waals surface area contributed by atoms with E-state index in [2.05, 4.69) is 24.9 Å². The number of carbonyl (C=O) groups is 2. The van der Waals surface area contributed by atoms with Crippen molar-refractivity contribution in [3.63, 3.8) is 0 Å². The van der Waals surface area contributed by atoms with Crippen molar-refractivity contribution in [1.82, 2.24) is 24.5 Å². The van der Waals surface area contributed by atoms with Crippen LogP contribution in [0.25, 0.3) is 5.65 Å². The van der Waals surface area contributed by atoms with Crippen LogP contribution in [0.4, 0.5) is 15.9 Å². The summed E-state index contributed by atoms with van der Waals surface area (Å²) in [5.74, 6) is -0.412. The van der Waals surface area contributed by atoms with Crippen LogP contribution in [0.1, 0.15) is 45.1 Å². The molecule has 1 spiro atoms. The SMILES string of the molecule is Cc1cc(N2CC(CF)(c3ccccc3)C2)cn2nc(C(=O)N3CC[C@@]4(CCN(c5cccc(C(=O)O)n5)C4)C3)nc12. The van der Waals surface area contributed by atoms with Crippen molar-refractivity contribution >= 4 is 29.0 Å². The Hall–Kier alpha value is -4.54. The molecular formula is C31H32FN7O3. The van der Waals surface area contributed by atoms with E-state index in [-0.39, 0.29) is 22.8 Å². The molecule has 0 aliphatic carbocycles. The van der Waals surface area contributed by atoms with Gasteiger partial charge in [0.15, 0.2) is 11.3 Å². The zero-order valence-electron chi connectivity index (χ0n) is 23.4. The third kappa shape index (κ3) is 4.34. The van der Waals surface area contributed by atoms with Gasteiger partial charge in [0.1, 0.15) is 12.5 Å². The largest absolute Gasteiger partial charge is 0.477 e. The first-order valence-corrected chi connectivity index (χ1v) is 14.3. The molecule has 3 aromatic heterocycles. The maximum Gasteiger partial charge on any atom is 0.354 e. The molecule has 6 heterocycles. The van der Waals surface area contributed by atoms with Crippen molar-refractivity contribution < 1.29 is 19.1 Å². The van der Waals surface area contributed by atoms with E-state index in [4.69, 9.17) is 0 Å². The minimum atomic E-state index is -1.05. The van der Waals surface area contributed by atoms with Crippen molar-refractivity contribution in [3.8, 4) is 0 Å². The molecule has 1 atom stereocenters. The zero-order valence-corrected chi connectivity index (χ0v) is 23.4. The van der Waals surface area contributed by atoms with Crippen LogP contribution >= 0.6 is 0 Å². The molecule has 1 aromatic carbocycles. The smallest absolute Gasteiger partial charge is 0.354 e. The summed E-state index contributed by atoms with van der Waals surface area (Å²) in [5.41, 5.74) is 2.91. The number of halogens is 1. The molecule has 3 aliphatic rings. The van der Waals surface area contributed by atoms with Gasteiger partial charge in [-0.2, -0.15) is 0 Å². The topological polar surface area (TPSA) is 107 Å². The Morgan fingerprint density at radius 1 is 0.952 bits per heavy atom. The van der Waals surface area contributed by atoms with Gasteiger partial charge in [-0.15, -0.1) is 5.10 Å². The predicted molar refractivity (Wildman–Crippen MR) is 155 cm³/mol. The van der Waals surface area contributed by atoms with Gasteiger partial charge in [-0.1, -0.05) is 36.4 Å². The van der Waals surface area contributed by atoms with Gasteiger partial charge in [-0.05, 0) is 49.1 Å². The Balaban J connectivity index is 1.05. The lowest BCUT2D eigenvalue weighted by Gasteiger charge is -2.50. The Morgan fingerprint density at radius 3 is 2.50 bits per heavy atom. The minimum Gasteiger partial charge on any atom is -0.477 e. The summed E-state index contributed by atoms with van der Waals surface area (Å²) >= 11 is 0. The van der Waals surface area contributed by atoms with E-state index < -0.39 is 18.1 Å². The van der Waals surface area contributed by atoms with Crippen molar-refractivity contribution in [3.05, 3.63) is 83.4 Å². The van der Waals surface area contributed by atoms with Crippen LogP contribution in [0.5, 0.6) is 0 Å². The molecule has 1 amide bonds. The van der Waals surface area contributed by atoms with E-state index in [0.29, 0.717) is 44.2 Å². The number of hydrogen-bond acceptors (Lipinski definition) is 7. The molecule has 0 unspecified atom stereocenters. The summed E-state index contributed by atoms with van der Waals surface area (Å²) < 4.78 is 15.8. The van der Waals surface area contributed by atoms with Crippen LogP contribution in [-0.2, 0) is 5.41 Å². The highest BCUT2D eigenvalue weighted by Crippen LogP contribution is 2.41. The number of likely N-dealkylation sites (tertiary alicyclic amines) is 1. The lowest BCUT2D eigenvalue weighted by molar-refractivity contribution is 0.0689. The summed E-state index contributed by atoms with van der Waals surface area (Å²) in [7, 11) is 0. The number of amides is 1. The number of aromatic nitrogens is 4. The number of alkyl halides is 1.